The number of aromatic amines is 1. The Labute approximate surface area is 107 Å². The molecule has 1 aliphatic rings. The molecule has 0 bridgehead atoms. The average Bonchev–Trinajstić information content (AvgIpc) is 2.78. The first kappa shape index (κ1) is 13.3. The van der Waals surface area contributed by atoms with Crippen molar-refractivity contribution in [2.45, 2.75) is 19.8 Å². The molecule has 2 heterocycles. The first-order valence-electron chi connectivity index (χ1n) is 6.03. The molecule has 1 aromatic rings. The van der Waals surface area contributed by atoms with E-state index in [0.717, 1.165) is 5.69 Å². The van der Waals surface area contributed by atoms with Gasteiger partial charge in [0.1, 0.15) is 0 Å². The molecule has 1 aromatic heterocycles. The van der Waals surface area contributed by atoms with E-state index in [9.17, 15) is 8.42 Å². The van der Waals surface area contributed by atoms with Gasteiger partial charge in [-0.25, -0.2) is 0 Å². The molecule has 0 spiro atoms. The van der Waals surface area contributed by atoms with E-state index in [1.165, 1.54) is 4.31 Å². The summed E-state index contributed by atoms with van der Waals surface area (Å²) in [6.07, 6.45) is 0. The number of nitrogens with zero attached hydrogens (tertiary/aromatic N) is 2. The predicted octanol–water partition coefficient (Wildman–Crippen LogP) is 0.0950. The third-order valence-corrected chi connectivity index (χ3v) is 4.38. The van der Waals surface area contributed by atoms with Gasteiger partial charge < -0.3 is 5.32 Å². The van der Waals surface area contributed by atoms with Crippen LogP contribution in [0.3, 0.4) is 0 Å². The van der Waals surface area contributed by atoms with Crippen LogP contribution in [0.5, 0.6) is 0 Å². The van der Waals surface area contributed by atoms with E-state index in [-0.39, 0.29) is 5.92 Å². The summed E-state index contributed by atoms with van der Waals surface area (Å²) < 4.78 is 28.0. The fourth-order valence-electron chi connectivity index (χ4n) is 1.77. The highest BCUT2D eigenvalue weighted by Crippen LogP contribution is 2.16. The third-order valence-electron chi connectivity index (χ3n) is 2.87. The minimum Gasteiger partial charge on any atom is -0.314 e. The van der Waals surface area contributed by atoms with Crippen LogP contribution in [0.1, 0.15) is 25.5 Å². The van der Waals surface area contributed by atoms with E-state index < -0.39 is 10.2 Å². The molecule has 8 heteroatoms. The van der Waals surface area contributed by atoms with Gasteiger partial charge in [-0.2, -0.15) is 17.8 Å². The van der Waals surface area contributed by atoms with E-state index >= 15 is 0 Å². The molecule has 0 radical (unpaired) electrons. The monoisotopic (exact) mass is 273 g/mol. The Balaban J connectivity index is 2.06. The van der Waals surface area contributed by atoms with Crippen molar-refractivity contribution in [1.82, 2.24) is 19.8 Å². The zero-order valence-electron chi connectivity index (χ0n) is 10.6. The van der Waals surface area contributed by atoms with E-state index in [0.29, 0.717) is 32.0 Å². The van der Waals surface area contributed by atoms with Crippen LogP contribution in [0.25, 0.3) is 0 Å². The predicted molar refractivity (Wildman–Crippen MR) is 69.7 cm³/mol. The largest absolute Gasteiger partial charge is 0.314 e. The van der Waals surface area contributed by atoms with Crippen molar-refractivity contribution in [3.8, 4) is 0 Å². The molecule has 1 fully saturated rings. The lowest BCUT2D eigenvalue weighted by atomic mass is 10.1. The van der Waals surface area contributed by atoms with Gasteiger partial charge >= 0.3 is 10.2 Å². The first-order valence-corrected chi connectivity index (χ1v) is 7.47. The minimum absolute atomic E-state index is 0.287. The van der Waals surface area contributed by atoms with Gasteiger partial charge in [0, 0.05) is 37.9 Å². The molecule has 0 aromatic carbocycles. The molecule has 0 amide bonds. The van der Waals surface area contributed by atoms with Crippen molar-refractivity contribution >= 4 is 16.0 Å². The SMILES string of the molecule is CC(C)c1cc(NS(=O)(=O)N2CCNCC2)n[nH]1. The highest BCUT2D eigenvalue weighted by atomic mass is 32.2. The zero-order valence-corrected chi connectivity index (χ0v) is 11.4. The fourth-order valence-corrected chi connectivity index (χ4v) is 2.93. The van der Waals surface area contributed by atoms with Crippen LogP contribution in [0, 0.1) is 0 Å². The van der Waals surface area contributed by atoms with Crippen LogP contribution in [-0.4, -0.2) is 49.1 Å². The second kappa shape index (κ2) is 5.25. The summed E-state index contributed by atoms with van der Waals surface area (Å²) in [5.41, 5.74) is 0.910. The number of nitrogens with one attached hydrogen (secondary N) is 3. The standard InChI is InChI=1S/C10H19N5O2S/c1-8(2)9-7-10(13-12-9)14-18(16,17)15-5-3-11-4-6-15/h7-8,11H,3-6H2,1-2H3,(H2,12,13,14). The molecule has 1 saturated heterocycles. The van der Waals surface area contributed by atoms with E-state index in [2.05, 4.69) is 20.2 Å². The van der Waals surface area contributed by atoms with E-state index in [4.69, 9.17) is 0 Å². The van der Waals surface area contributed by atoms with Crippen LogP contribution in [0.2, 0.25) is 0 Å². The summed E-state index contributed by atoms with van der Waals surface area (Å²) in [7, 11) is -3.49. The first-order chi connectivity index (χ1) is 8.49. The van der Waals surface area contributed by atoms with Crippen molar-refractivity contribution in [2.75, 3.05) is 30.9 Å². The Morgan fingerprint density at radius 2 is 2.06 bits per heavy atom. The molecule has 18 heavy (non-hydrogen) atoms. The van der Waals surface area contributed by atoms with Crippen molar-refractivity contribution in [2.24, 2.45) is 0 Å². The number of H-pyrrole nitrogens is 1. The molecule has 7 nitrogen and oxygen atoms in total. The quantitative estimate of drug-likeness (QED) is 0.725. The smallest absolute Gasteiger partial charge is 0.302 e. The Morgan fingerprint density at radius 3 is 2.61 bits per heavy atom. The number of hydrogen-bond acceptors (Lipinski definition) is 4. The van der Waals surface area contributed by atoms with Gasteiger partial charge in [-0.05, 0) is 5.92 Å². The van der Waals surface area contributed by atoms with Gasteiger partial charge in [0.05, 0.1) is 0 Å². The lowest BCUT2D eigenvalue weighted by molar-refractivity contribution is 0.362. The van der Waals surface area contributed by atoms with E-state index in [1.54, 1.807) is 6.07 Å². The molecule has 102 valence electrons. The Kier molecular flexibility index (Phi) is 3.88. The topological polar surface area (TPSA) is 90.1 Å². The lowest BCUT2D eigenvalue weighted by Gasteiger charge is -2.26. The summed E-state index contributed by atoms with van der Waals surface area (Å²) in [6.45, 7) is 6.36. The maximum absolute atomic E-state index is 12.1. The number of aromatic nitrogens is 2. The van der Waals surface area contributed by atoms with Gasteiger partial charge in [0.2, 0.25) is 0 Å². The summed E-state index contributed by atoms with van der Waals surface area (Å²) in [5.74, 6) is 0.632. The normalized spacial score (nSPS) is 18.2. The van der Waals surface area contributed by atoms with Crippen LogP contribution in [0.4, 0.5) is 5.82 Å². The second-order valence-corrected chi connectivity index (χ2v) is 6.29. The second-order valence-electron chi connectivity index (χ2n) is 4.62. The van der Waals surface area contributed by atoms with Crippen molar-refractivity contribution in [3.05, 3.63) is 11.8 Å². The van der Waals surface area contributed by atoms with Gasteiger partial charge in [-0.3, -0.25) is 9.82 Å². The van der Waals surface area contributed by atoms with Gasteiger partial charge in [0.25, 0.3) is 0 Å². The molecular formula is C10H19N5O2S. The summed E-state index contributed by atoms with van der Waals surface area (Å²) in [6, 6.07) is 1.73. The Bertz CT molecular complexity index is 490. The maximum Gasteiger partial charge on any atom is 0.302 e. The van der Waals surface area contributed by atoms with Crippen LogP contribution in [0.15, 0.2) is 6.07 Å². The molecular weight excluding hydrogens is 254 g/mol. The molecule has 2 rings (SSSR count). The van der Waals surface area contributed by atoms with Crippen molar-refractivity contribution in [3.63, 3.8) is 0 Å². The number of anilines is 1. The third kappa shape index (κ3) is 3.01. The summed E-state index contributed by atoms with van der Waals surface area (Å²) in [5, 5.41) is 9.90. The van der Waals surface area contributed by atoms with Crippen molar-refractivity contribution in [1.29, 1.82) is 0 Å². The van der Waals surface area contributed by atoms with E-state index in [1.807, 2.05) is 13.8 Å². The molecule has 0 saturated carbocycles. The van der Waals surface area contributed by atoms with Crippen LogP contribution in [-0.2, 0) is 10.2 Å². The van der Waals surface area contributed by atoms with Gasteiger partial charge in [-0.15, -0.1) is 0 Å². The Hall–Kier alpha value is -1.12. The number of hydrogen-bond donors (Lipinski definition) is 3. The molecule has 0 unspecified atom stereocenters. The average molecular weight is 273 g/mol. The molecule has 0 atom stereocenters. The van der Waals surface area contributed by atoms with Crippen LogP contribution >= 0.6 is 0 Å². The van der Waals surface area contributed by atoms with Crippen molar-refractivity contribution < 1.29 is 8.42 Å². The van der Waals surface area contributed by atoms with Crippen LogP contribution < -0.4 is 10.0 Å². The Morgan fingerprint density at radius 1 is 1.39 bits per heavy atom. The maximum atomic E-state index is 12.1. The molecule has 3 N–H and O–H groups in total. The highest BCUT2D eigenvalue weighted by Gasteiger charge is 2.24. The zero-order chi connectivity index (χ0) is 13.2. The lowest BCUT2D eigenvalue weighted by Crippen LogP contribution is -2.48. The summed E-state index contributed by atoms with van der Waals surface area (Å²) in [4.78, 5) is 0. The number of rotatable bonds is 4. The molecule has 1 aliphatic heterocycles. The van der Waals surface area contributed by atoms with Gasteiger partial charge in [0.15, 0.2) is 5.82 Å². The molecule has 0 aliphatic carbocycles. The highest BCUT2D eigenvalue weighted by molar-refractivity contribution is 7.90. The number of piperazine rings is 1. The van der Waals surface area contributed by atoms with Gasteiger partial charge in [-0.1, -0.05) is 13.8 Å². The summed E-state index contributed by atoms with van der Waals surface area (Å²) >= 11 is 0. The fraction of sp³-hybridized carbons (Fsp3) is 0.700. The minimum atomic E-state index is -3.49.